The van der Waals surface area contributed by atoms with E-state index in [1.165, 1.54) is 4.57 Å². The zero-order valence-corrected chi connectivity index (χ0v) is 15.5. The lowest BCUT2D eigenvalue weighted by Gasteiger charge is -2.12. The highest BCUT2D eigenvalue weighted by atomic mass is 16.2. The number of amides is 1. The van der Waals surface area contributed by atoms with Gasteiger partial charge in [0, 0.05) is 11.8 Å². The van der Waals surface area contributed by atoms with Gasteiger partial charge in [-0.3, -0.25) is 14.2 Å². The summed E-state index contributed by atoms with van der Waals surface area (Å²) >= 11 is 0. The predicted molar refractivity (Wildman–Crippen MR) is 106 cm³/mol. The highest BCUT2D eigenvalue weighted by Gasteiger charge is 2.15. The third kappa shape index (κ3) is 2.99. The zero-order chi connectivity index (χ0) is 19.1. The van der Waals surface area contributed by atoms with Crippen molar-refractivity contribution in [2.75, 3.05) is 5.32 Å². The van der Waals surface area contributed by atoms with Crippen LogP contribution >= 0.6 is 0 Å². The van der Waals surface area contributed by atoms with E-state index in [2.05, 4.69) is 10.4 Å². The van der Waals surface area contributed by atoms with Crippen molar-refractivity contribution in [2.24, 2.45) is 0 Å². The van der Waals surface area contributed by atoms with Gasteiger partial charge in [0.1, 0.15) is 12.2 Å². The van der Waals surface area contributed by atoms with Crippen LogP contribution in [0.3, 0.4) is 0 Å². The molecule has 2 aromatic carbocycles. The Kier molecular flexibility index (Phi) is 4.03. The van der Waals surface area contributed by atoms with Crippen LogP contribution in [0.2, 0.25) is 0 Å². The summed E-state index contributed by atoms with van der Waals surface area (Å²) in [5.74, 6) is -0.250. The van der Waals surface area contributed by atoms with Crippen LogP contribution < -0.4 is 10.9 Å². The average Bonchev–Trinajstić information content (AvgIpc) is 3.03. The zero-order valence-electron chi connectivity index (χ0n) is 15.5. The van der Waals surface area contributed by atoms with Gasteiger partial charge in [-0.1, -0.05) is 29.8 Å². The van der Waals surface area contributed by atoms with Crippen LogP contribution in [0, 0.1) is 20.8 Å². The topological polar surface area (TPSA) is 68.4 Å². The number of aromatic nitrogens is 3. The molecule has 6 nitrogen and oxygen atoms in total. The summed E-state index contributed by atoms with van der Waals surface area (Å²) in [6.07, 6.45) is 0. The second-order valence-corrected chi connectivity index (χ2v) is 6.83. The van der Waals surface area contributed by atoms with Crippen LogP contribution in [0.1, 0.15) is 16.8 Å². The molecule has 1 amide bonds. The van der Waals surface area contributed by atoms with Crippen LogP contribution in [-0.2, 0) is 11.3 Å². The molecule has 4 aromatic rings. The lowest BCUT2D eigenvalue weighted by molar-refractivity contribution is -0.116. The maximum Gasteiger partial charge on any atom is 0.262 e. The summed E-state index contributed by atoms with van der Waals surface area (Å²) in [4.78, 5) is 25.7. The van der Waals surface area contributed by atoms with Gasteiger partial charge >= 0.3 is 0 Å². The first-order valence-corrected chi connectivity index (χ1v) is 8.79. The average molecular weight is 360 g/mol. The smallest absolute Gasteiger partial charge is 0.262 e. The van der Waals surface area contributed by atoms with Gasteiger partial charge in [-0.25, -0.2) is 4.52 Å². The molecule has 136 valence electrons. The Labute approximate surface area is 156 Å². The molecule has 2 heterocycles. The number of carbonyl (C=O) groups is 1. The van der Waals surface area contributed by atoms with Crippen molar-refractivity contribution >= 4 is 28.1 Å². The van der Waals surface area contributed by atoms with E-state index in [4.69, 9.17) is 0 Å². The molecule has 6 heteroatoms. The number of nitrogens with one attached hydrogen (secondary N) is 1. The molecular weight excluding hydrogens is 340 g/mol. The standard InChI is InChI=1S/C21H20N4O2/c1-13-8-9-17(14(2)10-13)22-19(26)12-24-20-11-15(3)23-25(20)18-7-5-4-6-16(18)21(24)27/h4-11H,12H2,1-3H3,(H,22,26). The van der Waals surface area contributed by atoms with Gasteiger partial charge in [-0.05, 0) is 44.5 Å². The van der Waals surface area contributed by atoms with Crippen molar-refractivity contribution in [2.45, 2.75) is 27.3 Å². The predicted octanol–water partition coefficient (Wildman–Crippen LogP) is 3.21. The van der Waals surface area contributed by atoms with E-state index in [0.29, 0.717) is 11.0 Å². The normalized spacial score (nSPS) is 11.2. The molecule has 0 saturated carbocycles. The molecule has 0 saturated heterocycles. The minimum atomic E-state index is -0.250. The first kappa shape index (κ1) is 17.0. The third-order valence-electron chi connectivity index (χ3n) is 4.65. The molecular formula is C21H20N4O2. The van der Waals surface area contributed by atoms with Gasteiger partial charge in [0.2, 0.25) is 5.91 Å². The molecule has 0 fully saturated rings. The summed E-state index contributed by atoms with van der Waals surface area (Å²) in [6, 6.07) is 15.0. The molecule has 0 atom stereocenters. The lowest BCUT2D eigenvalue weighted by atomic mass is 10.1. The fourth-order valence-corrected chi connectivity index (χ4v) is 3.38. The van der Waals surface area contributed by atoms with Gasteiger partial charge in [-0.15, -0.1) is 0 Å². The van der Waals surface area contributed by atoms with Crippen LogP contribution in [0.4, 0.5) is 5.69 Å². The lowest BCUT2D eigenvalue weighted by Crippen LogP contribution is -2.29. The monoisotopic (exact) mass is 360 g/mol. The first-order chi connectivity index (χ1) is 12.9. The number of hydrogen-bond donors (Lipinski definition) is 1. The Morgan fingerprint density at radius 3 is 2.63 bits per heavy atom. The van der Waals surface area contributed by atoms with Gasteiger partial charge in [0.15, 0.2) is 0 Å². The number of hydrogen-bond acceptors (Lipinski definition) is 3. The van der Waals surface area contributed by atoms with E-state index in [1.54, 1.807) is 10.6 Å². The largest absolute Gasteiger partial charge is 0.324 e. The first-order valence-electron chi connectivity index (χ1n) is 8.79. The second-order valence-electron chi connectivity index (χ2n) is 6.83. The number of aryl methyl sites for hydroxylation is 3. The van der Waals surface area contributed by atoms with Crippen LogP contribution in [0.25, 0.3) is 16.6 Å². The highest BCUT2D eigenvalue weighted by Crippen LogP contribution is 2.17. The van der Waals surface area contributed by atoms with E-state index >= 15 is 0 Å². The maximum absolute atomic E-state index is 13.0. The summed E-state index contributed by atoms with van der Waals surface area (Å²) in [5, 5.41) is 7.92. The molecule has 1 N–H and O–H groups in total. The summed E-state index contributed by atoms with van der Waals surface area (Å²) < 4.78 is 3.19. The van der Waals surface area contributed by atoms with Crippen LogP contribution in [0.5, 0.6) is 0 Å². The minimum Gasteiger partial charge on any atom is -0.324 e. The molecule has 0 radical (unpaired) electrons. The van der Waals surface area contributed by atoms with Crippen molar-refractivity contribution in [1.29, 1.82) is 0 Å². The minimum absolute atomic E-state index is 0.0778. The number of benzene rings is 2. The highest BCUT2D eigenvalue weighted by molar-refractivity contribution is 5.92. The Hall–Kier alpha value is -3.41. The van der Waals surface area contributed by atoms with E-state index in [1.807, 2.05) is 63.2 Å². The molecule has 0 unspecified atom stereocenters. The van der Waals surface area contributed by atoms with Gasteiger partial charge in [0.05, 0.1) is 16.6 Å². The maximum atomic E-state index is 13.0. The SMILES string of the molecule is Cc1ccc(NC(=O)Cn2c(=O)c3ccccc3n3nc(C)cc23)c(C)c1. The molecule has 4 rings (SSSR count). The molecule has 0 aliphatic rings. The van der Waals surface area contributed by atoms with Crippen molar-refractivity contribution in [3.63, 3.8) is 0 Å². The molecule has 0 aliphatic carbocycles. The van der Waals surface area contributed by atoms with Crippen LogP contribution in [0.15, 0.2) is 53.3 Å². The number of para-hydroxylation sites is 1. The Morgan fingerprint density at radius 2 is 1.85 bits per heavy atom. The van der Waals surface area contributed by atoms with Crippen LogP contribution in [-0.4, -0.2) is 20.1 Å². The fourth-order valence-electron chi connectivity index (χ4n) is 3.38. The van der Waals surface area contributed by atoms with Crippen molar-refractivity contribution < 1.29 is 4.79 Å². The van der Waals surface area contributed by atoms with Gasteiger partial charge < -0.3 is 5.32 Å². The van der Waals surface area contributed by atoms with Crippen molar-refractivity contribution in [3.8, 4) is 0 Å². The fraction of sp³-hybridized carbons (Fsp3) is 0.190. The number of rotatable bonds is 3. The Bertz CT molecular complexity index is 1250. The molecule has 0 aliphatic heterocycles. The number of fused-ring (bicyclic) bond motifs is 3. The van der Waals surface area contributed by atoms with E-state index in [9.17, 15) is 9.59 Å². The Morgan fingerprint density at radius 1 is 1.07 bits per heavy atom. The van der Waals surface area contributed by atoms with Crippen molar-refractivity contribution in [1.82, 2.24) is 14.2 Å². The number of anilines is 1. The third-order valence-corrected chi connectivity index (χ3v) is 4.65. The van der Waals surface area contributed by atoms with Crippen molar-refractivity contribution in [3.05, 3.63) is 75.7 Å². The van der Waals surface area contributed by atoms with E-state index < -0.39 is 0 Å². The molecule has 0 bridgehead atoms. The van der Waals surface area contributed by atoms with Gasteiger partial charge in [-0.2, -0.15) is 5.10 Å². The van der Waals surface area contributed by atoms with Gasteiger partial charge in [0.25, 0.3) is 5.56 Å². The quantitative estimate of drug-likeness (QED) is 0.610. The molecule has 2 aromatic heterocycles. The molecule has 0 spiro atoms. The molecule has 27 heavy (non-hydrogen) atoms. The summed E-state index contributed by atoms with van der Waals surface area (Å²) in [7, 11) is 0. The number of nitrogens with zero attached hydrogens (tertiary/aromatic N) is 3. The second kappa shape index (κ2) is 6.39. The number of carbonyl (C=O) groups excluding carboxylic acids is 1. The summed E-state index contributed by atoms with van der Waals surface area (Å²) in [5.41, 5.74) is 4.79. The summed E-state index contributed by atoms with van der Waals surface area (Å²) in [6.45, 7) is 5.74. The van der Waals surface area contributed by atoms with E-state index in [0.717, 1.165) is 28.0 Å². The Balaban J connectivity index is 1.77. The van der Waals surface area contributed by atoms with E-state index in [-0.39, 0.29) is 18.0 Å².